The smallest absolute Gasteiger partial charge is 0.124 e. The normalized spacial score (nSPS) is 19.2. The standard InChI is InChI=1S/C17H27ClN2O/c1-4-17(5-2)13-20(11-7-10-19-17)12-14-15(18)8-6-9-16(14)21-3/h6,8-9,19H,4-5,7,10-13H2,1-3H3. The molecular formula is C17H27ClN2O. The van der Waals surface area contributed by atoms with E-state index in [9.17, 15) is 0 Å². The first-order chi connectivity index (χ1) is 10.1. The Morgan fingerprint density at radius 3 is 2.76 bits per heavy atom. The maximum Gasteiger partial charge on any atom is 0.124 e. The average Bonchev–Trinajstić information content (AvgIpc) is 2.72. The topological polar surface area (TPSA) is 24.5 Å². The second-order valence-electron chi connectivity index (χ2n) is 5.90. The Morgan fingerprint density at radius 1 is 1.33 bits per heavy atom. The Hall–Kier alpha value is -0.770. The van der Waals surface area contributed by atoms with E-state index in [-0.39, 0.29) is 5.54 Å². The van der Waals surface area contributed by atoms with E-state index < -0.39 is 0 Å². The Kier molecular flexibility index (Phi) is 5.91. The lowest BCUT2D eigenvalue weighted by molar-refractivity contribution is 0.189. The third-order valence-corrected chi connectivity index (χ3v) is 5.06. The maximum atomic E-state index is 6.38. The number of nitrogens with one attached hydrogen (secondary N) is 1. The fourth-order valence-corrected chi connectivity index (χ4v) is 3.41. The summed E-state index contributed by atoms with van der Waals surface area (Å²) in [5, 5.41) is 4.54. The van der Waals surface area contributed by atoms with E-state index in [0.717, 1.165) is 55.4 Å². The van der Waals surface area contributed by atoms with Crippen LogP contribution < -0.4 is 10.1 Å². The molecule has 1 saturated heterocycles. The van der Waals surface area contributed by atoms with Crippen LogP contribution >= 0.6 is 11.6 Å². The molecule has 0 saturated carbocycles. The lowest BCUT2D eigenvalue weighted by atomic mass is 9.92. The molecule has 0 radical (unpaired) electrons. The van der Waals surface area contributed by atoms with Gasteiger partial charge in [-0.3, -0.25) is 4.90 Å². The second-order valence-corrected chi connectivity index (χ2v) is 6.31. The van der Waals surface area contributed by atoms with Crippen LogP contribution in [0.25, 0.3) is 0 Å². The summed E-state index contributed by atoms with van der Waals surface area (Å²) in [6, 6.07) is 5.88. The zero-order chi connectivity index (χ0) is 15.3. The van der Waals surface area contributed by atoms with Gasteiger partial charge >= 0.3 is 0 Å². The molecule has 1 aliphatic heterocycles. The average molecular weight is 311 g/mol. The molecule has 118 valence electrons. The molecule has 3 nitrogen and oxygen atoms in total. The van der Waals surface area contributed by atoms with Crippen molar-refractivity contribution in [2.75, 3.05) is 26.7 Å². The Labute approximate surface area is 133 Å². The van der Waals surface area contributed by atoms with Crippen molar-refractivity contribution in [3.8, 4) is 5.75 Å². The van der Waals surface area contributed by atoms with E-state index >= 15 is 0 Å². The van der Waals surface area contributed by atoms with Gasteiger partial charge in [0.15, 0.2) is 0 Å². The molecule has 0 unspecified atom stereocenters. The Bertz CT molecular complexity index is 460. The summed E-state index contributed by atoms with van der Waals surface area (Å²) in [7, 11) is 1.71. The molecule has 1 aromatic rings. The first-order valence-corrected chi connectivity index (χ1v) is 8.30. The van der Waals surface area contributed by atoms with Crippen LogP contribution in [-0.2, 0) is 6.54 Å². The number of ether oxygens (including phenoxy) is 1. The van der Waals surface area contributed by atoms with Crippen molar-refractivity contribution in [2.24, 2.45) is 0 Å². The summed E-state index contributed by atoms with van der Waals surface area (Å²) in [6.45, 7) is 8.66. The summed E-state index contributed by atoms with van der Waals surface area (Å²) in [5.74, 6) is 0.887. The lowest BCUT2D eigenvalue weighted by Crippen LogP contribution is -2.50. The molecule has 0 bridgehead atoms. The van der Waals surface area contributed by atoms with Crippen LogP contribution in [-0.4, -0.2) is 37.2 Å². The highest BCUT2D eigenvalue weighted by molar-refractivity contribution is 6.31. The fourth-order valence-electron chi connectivity index (χ4n) is 3.18. The molecule has 0 amide bonds. The van der Waals surface area contributed by atoms with Gasteiger partial charge in [0.05, 0.1) is 7.11 Å². The van der Waals surface area contributed by atoms with E-state index in [1.54, 1.807) is 7.11 Å². The molecule has 0 spiro atoms. The van der Waals surface area contributed by atoms with Crippen molar-refractivity contribution in [3.05, 3.63) is 28.8 Å². The lowest BCUT2D eigenvalue weighted by Gasteiger charge is -2.35. The van der Waals surface area contributed by atoms with Crippen LogP contribution in [0.15, 0.2) is 18.2 Å². The van der Waals surface area contributed by atoms with E-state index in [2.05, 4.69) is 24.1 Å². The van der Waals surface area contributed by atoms with E-state index in [4.69, 9.17) is 16.3 Å². The predicted octanol–water partition coefficient (Wildman–Crippen LogP) is 3.70. The number of hydrogen-bond donors (Lipinski definition) is 1. The zero-order valence-electron chi connectivity index (χ0n) is 13.4. The van der Waals surface area contributed by atoms with Crippen molar-refractivity contribution in [3.63, 3.8) is 0 Å². The number of benzene rings is 1. The molecule has 1 N–H and O–H groups in total. The Morgan fingerprint density at radius 2 is 2.10 bits per heavy atom. The molecule has 1 aliphatic rings. The van der Waals surface area contributed by atoms with Gasteiger partial charge in [-0.1, -0.05) is 31.5 Å². The molecule has 0 aliphatic carbocycles. The summed E-state index contributed by atoms with van der Waals surface area (Å²) in [5.41, 5.74) is 1.33. The van der Waals surface area contributed by atoms with Crippen LogP contribution in [0.4, 0.5) is 0 Å². The highest BCUT2D eigenvalue weighted by Crippen LogP contribution is 2.29. The molecule has 1 heterocycles. The predicted molar refractivity (Wildman–Crippen MR) is 89.2 cm³/mol. The summed E-state index contributed by atoms with van der Waals surface area (Å²) in [4.78, 5) is 2.51. The Balaban J connectivity index is 2.18. The van der Waals surface area contributed by atoms with E-state index in [1.165, 1.54) is 6.42 Å². The third kappa shape index (κ3) is 3.91. The van der Waals surface area contributed by atoms with Crippen LogP contribution in [0.1, 0.15) is 38.7 Å². The van der Waals surface area contributed by atoms with Gasteiger partial charge in [-0.2, -0.15) is 0 Å². The van der Waals surface area contributed by atoms with Gasteiger partial charge in [0, 0.05) is 29.2 Å². The number of halogens is 1. The van der Waals surface area contributed by atoms with Crippen LogP contribution in [0.5, 0.6) is 5.75 Å². The summed E-state index contributed by atoms with van der Waals surface area (Å²) in [6.07, 6.45) is 3.48. The minimum Gasteiger partial charge on any atom is -0.496 e. The SMILES string of the molecule is CCC1(CC)CN(Cc2c(Cl)cccc2OC)CCCN1. The van der Waals surface area contributed by atoms with Gasteiger partial charge in [0.2, 0.25) is 0 Å². The molecule has 0 atom stereocenters. The van der Waals surface area contributed by atoms with Crippen LogP contribution in [0, 0.1) is 0 Å². The quantitative estimate of drug-likeness (QED) is 0.897. The maximum absolute atomic E-state index is 6.38. The second kappa shape index (κ2) is 7.48. The molecule has 1 aromatic carbocycles. The molecule has 2 rings (SSSR count). The summed E-state index contributed by atoms with van der Waals surface area (Å²) >= 11 is 6.38. The fraction of sp³-hybridized carbons (Fsp3) is 0.647. The van der Waals surface area contributed by atoms with Crippen LogP contribution in [0.2, 0.25) is 5.02 Å². The number of methoxy groups -OCH3 is 1. The van der Waals surface area contributed by atoms with Gasteiger partial charge < -0.3 is 10.1 Å². The van der Waals surface area contributed by atoms with E-state index in [1.807, 2.05) is 18.2 Å². The van der Waals surface area contributed by atoms with Crippen molar-refractivity contribution < 1.29 is 4.74 Å². The monoisotopic (exact) mass is 310 g/mol. The van der Waals surface area contributed by atoms with E-state index in [0.29, 0.717) is 0 Å². The van der Waals surface area contributed by atoms with Gasteiger partial charge in [0.25, 0.3) is 0 Å². The number of rotatable bonds is 5. The van der Waals surface area contributed by atoms with Gasteiger partial charge in [-0.05, 0) is 44.5 Å². The van der Waals surface area contributed by atoms with Crippen molar-refractivity contribution in [2.45, 2.75) is 45.2 Å². The van der Waals surface area contributed by atoms with Gasteiger partial charge in [0.1, 0.15) is 5.75 Å². The molecule has 4 heteroatoms. The number of hydrogen-bond acceptors (Lipinski definition) is 3. The molecule has 0 aromatic heterocycles. The highest BCUT2D eigenvalue weighted by atomic mass is 35.5. The van der Waals surface area contributed by atoms with Gasteiger partial charge in [-0.15, -0.1) is 0 Å². The first kappa shape index (κ1) is 16.6. The largest absolute Gasteiger partial charge is 0.496 e. The number of nitrogens with zero attached hydrogens (tertiary/aromatic N) is 1. The van der Waals surface area contributed by atoms with Crippen LogP contribution in [0.3, 0.4) is 0 Å². The van der Waals surface area contributed by atoms with Crippen molar-refractivity contribution >= 4 is 11.6 Å². The first-order valence-electron chi connectivity index (χ1n) is 7.93. The molecular weight excluding hydrogens is 284 g/mol. The van der Waals surface area contributed by atoms with Crippen molar-refractivity contribution in [1.29, 1.82) is 0 Å². The third-order valence-electron chi connectivity index (χ3n) is 4.71. The molecule has 21 heavy (non-hydrogen) atoms. The zero-order valence-corrected chi connectivity index (χ0v) is 14.2. The molecule has 1 fully saturated rings. The van der Waals surface area contributed by atoms with Gasteiger partial charge in [-0.25, -0.2) is 0 Å². The summed E-state index contributed by atoms with van der Waals surface area (Å²) < 4.78 is 5.48. The minimum absolute atomic E-state index is 0.227. The van der Waals surface area contributed by atoms with Crippen molar-refractivity contribution in [1.82, 2.24) is 10.2 Å². The highest BCUT2D eigenvalue weighted by Gasteiger charge is 2.30. The minimum atomic E-state index is 0.227.